The summed E-state index contributed by atoms with van der Waals surface area (Å²) < 4.78 is 47.0. The number of pyridine rings is 2. The molecule has 0 amide bonds. The molecule has 5 rings (SSSR count). The number of rotatable bonds is 6. The third kappa shape index (κ3) is 4.41. The maximum Gasteiger partial charge on any atom is 0.343 e. The van der Waals surface area contributed by atoms with Crippen molar-refractivity contribution in [2.24, 2.45) is 5.41 Å². The number of benzene rings is 1. The van der Waals surface area contributed by atoms with Crippen LogP contribution in [-0.2, 0) is 17.7 Å². The first-order chi connectivity index (χ1) is 19.0. The second-order valence-corrected chi connectivity index (χ2v) is 10.9. The molecule has 1 aliphatic rings. The number of hydrogen-bond acceptors (Lipinski definition) is 6. The Morgan fingerprint density at radius 3 is 2.50 bits per heavy atom. The van der Waals surface area contributed by atoms with E-state index in [2.05, 4.69) is 20.8 Å². The van der Waals surface area contributed by atoms with Crippen LogP contribution in [0.2, 0.25) is 0 Å². The maximum atomic E-state index is 14.0. The smallest absolute Gasteiger partial charge is 0.343 e. The fourth-order valence-electron chi connectivity index (χ4n) is 5.55. The Kier molecular flexibility index (Phi) is 6.89. The van der Waals surface area contributed by atoms with Crippen molar-refractivity contribution in [2.75, 3.05) is 21.3 Å². The van der Waals surface area contributed by atoms with Gasteiger partial charge in [0.05, 0.1) is 44.8 Å². The molecule has 3 heterocycles. The van der Waals surface area contributed by atoms with Gasteiger partial charge in [0.2, 0.25) is 0 Å². The second-order valence-electron chi connectivity index (χ2n) is 10.9. The summed E-state index contributed by atoms with van der Waals surface area (Å²) >= 11 is 0. The number of alkyl halides is 2. The molecule has 0 saturated heterocycles. The van der Waals surface area contributed by atoms with Gasteiger partial charge >= 0.3 is 5.97 Å². The van der Waals surface area contributed by atoms with E-state index in [9.17, 15) is 18.4 Å². The van der Waals surface area contributed by atoms with Crippen LogP contribution in [0.15, 0.2) is 47.4 Å². The number of hydrogen-bond donors (Lipinski definition) is 0. The molecule has 0 spiro atoms. The lowest BCUT2D eigenvalue weighted by Crippen LogP contribution is -2.34. The third-order valence-electron chi connectivity index (χ3n) is 7.60. The Morgan fingerprint density at radius 2 is 1.88 bits per heavy atom. The summed E-state index contributed by atoms with van der Waals surface area (Å²) in [4.78, 5) is 31.5. The number of fused-ring (bicyclic) bond motifs is 5. The van der Waals surface area contributed by atoms with Gasteiger partial charge in [0, 0.05) is 17.8 Å². The molecule has 0 N–H and O–H groups in total. The molecule has 0 saturated carbocycles. The first-order valence-corrected chi connectivity index (χ1v) is 12.8. The lowest BCUT2D eigenvalue weighted by Gasteiger charge is -2.36. The van der Waals surface area contributed by atoms with Gasteiger partial charge in [-0.2, -0.15) is 0 Å². The average molecular weight is 552 g/mol. The Labute approximate surface area is 230 Å². The van der Waals surface area contributed by atoms with Crippen LogP contribution in [0.25, 0.3) is 17.0 Å². The zero-order chi connectivity index (χ0) is 28.9. The molecule has 8 nitrogen and oxygen atoms in total. The summed E-state index contributed by atoms with van der Waals surface area (Å²) in [5, 5.41) is 0. The number of aromatic nitrogens is 3. The van der Waals surface area contributed by atoms with Gasteiger partial charge in [-0.15, -0.1) is 0 Å². The van der Waals surface area contributed by atoms with Crippen LogP contribution in [0.1, 0.15) is 65.9 Å². The highest BCUT2D eigenvalue weighted by atomic mass is 19.3. The average Bonchev–Trinajstić information content (AvgIpc) is 3.31. The molecule has 40 heavy (non-hydrogen) atoms. The number of carbonyl (C=O) groups excluding carboxylic acids is 1. The number of esters is 1. The second kappa shape index (κ2) is 10.1. The van der Waals surface area contributed by atoms with Crippen LogP contribution in [0.3, 0.4) is 0 Å². The monoisotopic (exact) mass is 551 g/mol. The highest BCUT2D eigenvalue weighted by Gasteiger charge is 2.39. The molecular formula is C30H31F2N3O5. The summed E-state index contributed by atoms with van der Waals surface area (Å²) in [6.45, 7) is 6.24. The summed E-state index contributed by atoms with van der Waals surface area (Å²) in [5.74, 6) is 0.143. The Hall–Kier alpha value is -4.21. The number of halogens is 2. The van der Waals surface area contributed by atoms with Crippen LogP contribution in [0, 0.1) is 5.41 Å². The minimum absolute atomic E-state index is 0.0328. The number of methoxy groups -OCH3 is 3. The van der Waals surface area contributed by atoms with Crippen molar-refractivity contribution in [3.63, 3.8) is 0 Å². The minimum atomic E-state index is -2.72. The van der Waals surface area contributed by atoms with Crippen molar-refractivity contribution < 1.29 is 27.8 Å². The Bertz CT molecular complexity index is 1680. The fourth-order valence-corrected chi connectivity index (χ4v) is 5.55. The largest absolute Gasteiger partial charge is 0.497 e. The molecule has 210 valence electrons. The van der Waals surface area contributed by atoms with E-state index >= 15 is 0 Å². The molecule has 0 aliphatic heterocycles. The Balaban J connectivity index is 1.88. The predicted molar refractivity (Wildman–Crippen MR) is 146 cm³/mol. The first-order valence-electron chi connectivity index (χ1n) is 12.8. The van der Waals surface area contributed by atoms with Crippen LogP contribution in [-0.4, -0.2) is 41.3 Å². The highest BCUT2D eigenvalue weighted by Crippen LogP contribution is 2.48. The van der Waals surface area contributed by atoms with E-state index < -0.39 is 18.0 Å². The van der Waals surface area contributed by atoms with Gasteiger partial charge in [-0.25, -0.2) is 18.6 Å². The minimum Gasteiger partial charge on any atom is -0.497 e. The van der Waals surface area contributed by atoms with E-state index in [0.717, 1.165) is 11.3 Å². The van der Waals surface area contributed by atoms with E-state index in [1.54, 1.807) is 48.0 Å². The zero-order valence-corrected chi connectivity index (χ0v) is 23.2. The summed E-state index contributed by atoms with van der Waals surface area (Å²) in [5.41, 5.74) is 1.99. The highest BCUT2D eigenvalue weighted by molar-refractivity contribution is 5.90. The molecular weight excluding hydrogens is 520 g/mol. The first kappa shape index (κ1) is 27.4. The normalized spacial score (nSPS) is 14.7. The van der Waals surface area contributed by atoms with Crippen molar-refractivity contribution in [3.05, 3.63) is 80.9 Å². The SMILES string of the molecule is COC(=O)c1cc2c(n(Cc3ccc(OC)cc3OC)c1=O)-c1nc3c(C(F)F)cccn3c1CC2C(C)(C)C. The van der Waals surface area contributed by atoms with Crippen molar-refractivity contribution >= 4 is 11.6 Å². The molecule has 0 fully saturated rings. The standard InChI is InChI=1S/C30H31F2N3O5/c1-30(2,3)21-14-22-24(33-27-18(26(31)32)8-7-11-34(22)27)25-19(21)13-20(29(37)40-6)28(36)35(25)15-16-9-10-17(38-4)12-23(16)39-5/h7-13,21,26H,14-15H2,1-6H3. The van der Waals surface area contributed by atoms with Crippen molar-refractivity contribution in [1.82, 2.24) is 14.0 Å². The van der Waals surface area contributed by atoms with Crippen LogP contribution in [0.5, 0.6) is 11.5 Å². The fraction of sp³-hybridized carbons (Fsp3) is 0.367. The molecule has 0 radical (unpaired) electrons. The van der Waals surface area contributed by atoms with Crippen LogP contribution in [0.4, 0.5) is 8.78 Å². The van der Waals surface area contributed by atoms with Gasteiger partial charge in [-0.05, 0) is 53.6 Å². The molecule has 10 heteroatoms. The van der Waals surface area contributed by atoms with Gasteiger partial charge in [0.25, 0.3) is 12.0 Å². The molecule has 4 aromatic rings. The van der Waals surface area contributed by atoms with Crippen molar-refractivity contribution in [1.29, 1.82) is 0 Å². The van der Waals surface area contributed by atoms with Crippen LogP contribution < -0.4 is 15.0 Å². The van der Waals surface area contributed by atoms with Crippen LogP contribution >= 0.6 is 0 Å². The van der Waals surface area contributed by atoms with Gasteiger partial charge in [-0.3, -0.25) is 4.79 Å². The number of imidazole rings is 1. The third-order valence-corrected chi connectivity index (χ3v) is 7.60. The Morgan fingerprint density at radius 1 is 1.12 bits per heavy atom. The van der Waals surface area contributed by atoms with E-state index in [1.807, 2.05) is 0 Å². The quantitative estimate of drug-likeness (QED) is 0.289. The molecule has 3 aromatic heterocycles. The lowest BCUT2D eigenvalue weighted by molar-refractivity contribution is 0.0597. The predicted octanol–water partition coefficient (Wildman–Crippen LogP) is 5.64. The zero-order valence-electron chi connectivity index (χ0n) is 23.2. The number of ether oxygens (including phenoxy) is 3. The summed E-state index contributed by atoms with van der Waals surface area (Å²) in [7, 11) is 4.29. The summed E-state index contributed by atoms with van der Waals surface area (Å²) in [6, 6.07) is 9.76. The number of nitrogens with zero attached hydrogens (tertiary/aromatic N) is 3. The van der Waals surface area contributed by atoms with Gasteiger partial charge in [-0.1, -0.05) is 20.8 Å². The van der Waals surface area contributed by atoms with E-state index in [-0.39, 0.29) is 34.7 Å². The maximum absolute atomic E-state index is 14.0. The van der Waals surface area contributed by atoms with E-state index in [1.165, 1.54) is 24.9 Å². The lowest BCUT2D eigenvalue weighted by atomic mass is 9.70. The molecule has 1 aromatic carbocycles. The molecule has 1 aliphatic carbocycles. The van der Waals surface area contributed by atoms with E-state index in [4.69, 9.17) is 19.2 Å². The van der Waals surface area contributed by atoms with Gasteiger partial charge in [0.15, 0.2) is 0 Å². The molecule has 1 atom stereocenters. The van der Waals surface area contributed by atoms with Gasteiger partial charge < -0.3 is 23.2 Å². The molecule has 1 unspecified atom stereocenters. The van der Waals surface area contributed by atoms with E-state index in [0.29, 0.717) is 34.9 Å². The molecule has 0 bridgehead atoms. The van der Waals surface area contributed by atoms with Crippen molar-refractivity contribution in [3.8, 4) is 22.9 Å². The summed E-state index contributed by atoms with van der Waals surface area (Å²) in [6.07, 6.45) is -0.530. The number of carbonyl (C=O) groups is 1. The topological polar surface area (TPSA) is 84.1 Å². The van der Waals surface area contributed by atoms with Crippen molar-refractivity contribution in [2.45, 2.75) is 46.1 Å². The van der Waals surface area contributed by atoms with Gasteiger partial charge in [0.1, 0.15) is 28.4 Å².